The van der Waals surface area contributed by atoms with E-state index in [9.17, 15) is 4.79 Å². The van der Waals surface area contributed by atoms with Gasteiger partial charge in [-0.25, -0.2) is 5.43 Å². The Morgan fingerprint density at radius 2 is 2.08 bits per heavy atom. The normalized spacial score (nSPS) is 12.4. The second-order valence-electron chi connectivity index (χ2n) is 2.78. The average molecular weight is 180 g/mol. The number of phenolic OH excluding ortho intramolecular Hbond substituents is 1. The van der Waals surface area contributed by atoms with Crippen LogP contribution in [0.1, 0.15) is 5.56 Å². The van der Waals surface area contributed by atoms with Crippen molar-refractivity contribution in [1.29, 1.82) is 0 Å². The van der Waals surface area contributed by atoms with Crippen LogP contribution >= 0.6 is 0 Å². The van der Waals surface area contributed by atoms with Crippen LogP contribution in [0.4, 0.5) is 0 Å². The molecule has 0 aliphatic rings. The SMILES string of the molecule is NNC(C=O)Cc1ccc(O)cc1. The molecule has 4 heteroatoms. The van der Waals surface area contributed by atoms with Crippen molar-refractivity contribution in [2.45, 2.75) is 12.5 Å². The molecule has 0 aliphatic heterocycles. The van der Waals surface area contributed by atoms with Crippen molar-refractivity contribution in [3.63, 3.8) is 0 Å². The Morgan fingerprint density at radius 1 is 1.46 bits per heavy atom. The predicted octanol–water partition coefficient (Wildman–Crippen LogP) is -0.0345. The number of aldehydes is 1. The summed E-state index contributed by atoms with van der Waals surface area (Å²) in [6.07, 6.45) is 1.28. The minimum absolute atomic E-state index is 0.215. The highest BCUT2D eigenvalue weighted by Gasteiger charge is 2.04. The van der Waals surface area contributed by atoms with Gasteiger partial charge in [-0.1, -0.05) is 12.1 Å². The predicted molar refractivity (Wildman–Crippen MR) is 49.0 cm³/mol. The van der Waals surface area contributed by atoms with Gasteiger partial charge in [-0.15, -0.1) is 0 Å². The van der Waals surface area contributed by atoms with Crippen molar-refractivity contribution in [3.05, 3.63) is 29.8 Å². The third-order valence-corrected chi connectivity index (χ3v) is 1.77. The molecular weight excluding hydrogens is 168 g/mol. The number of carbonyl (C=O) groups is 1. The Morgan fingerprint density at radius 3 is 2.54 bits per heavy atom. The lowest BCUT2D eigenvalue weighted by Crippen LogP contribution is -2.37. The van der Waals surface area contributed by atoms with Crippen LogP contribution in [0.25, 0.3) is 0 Å². The Hall–Kier alpha value is -1.39. The molecular formula is C9H12N2O2. The van der Waals surface area contributed by atoms with E-state index in [0.29, 0.717) is 6.42 Å². The number of carbonyl (C=O) groups excluding carboxylic acids is 1. The van der Waals surface area contributed by atoms with Gasteiger partial charge in [0, 0.05) is 0 Å². The molecule has 1 aromatic carbocycles. The number of hydrazine groups is 1. The molecule has 0 bridgehead atoms. The Balaban J connectivity index is 2.63. The van der Waals surface area contributed by atoms with E-state index >= 15 is 0 Å². The van der Waals surface area contributed by atoms with E-state index in [0.717, 1.165) is 11.8 Å². The van der Waals surface area contributed by atoms with Gasteiger partial charge in [-0.2, -0.15) is 0 Å². The second kappa shape index (κ2) is 4.59. The van der Waals surface area contributed by atoms with Crippen LogP contribution in [-0.2, 0) is 11.2 Å². The topological polar surface area (TPSA) is 75.3 Å². The molecule has 0 spiro atoms. The molecule has 0 radical (unpaired) electrons. The second-order valence-corrected chi connectivity index (χ2v) is 2.78. The van der Waals surface area contributed by atoms with Gasteiger partial charge in [-0.05, 0) is 24.1 Å². The number of nitrogens with two attached hydrogens (primary N) is 1. The lowest BCUT2D eigenvalue weighted by atomic mass is 10.1. The summed E-state index contributed by atoms with van der Waals surface area (Å²) in [5.41, 5.74) is 3.34. The van der Waals surface area contributed by atoms with Gasteiger partial charge in [0.05, 0.1) is 6.04 Å². The van der Waals surface area contributed by atoms with Crippen LogP contribution in [0.2, 0.25) is 0 Å². The zero-order valence-corrected chi connectivity index (χ0v) is 7.10. The van der Waals surface area contributed by atoms with Gasteiger partial charge in [0.15, 0.2) is 0 Å². The lowest BCUT2D eigenvalue weighted by Gasteiger charge is -2.07. The van der Waals surface area contributed by atoms with Crippen molar-refractivity contribution in [3.8, 4) is 5.75 Å². The fraction of sp³-hybridized carbons (Fsp3) is 0.222. The molecule has 70 valence electrons. The third kappa shape index (κ3) is 2.85. The van der Waals surface area contributed by atoms with E-state index in [1.165, 1.54) is 0 Å². The molecule has 1 atom stereocenters. The zero-order chi connectivity index (χ0) is 9.68. The van der Waals surface area contributed by atoms with Crippen LogP contribution in [0.3, 0.4) is 0 Å². The van der Waals surface area contributed by atoms with E-state index in [1.54, 1.807) is 24.3 Å². The molecule has 0 fully saturated rings. The van der Waals surface area contributed by atoms with E-state index < -0.39 is 0 Å². The summed E-state index contributed by atoms with van der Waals surface area (Å²) in [6, 6.07) is 6.29. The number of hydrogen-bond acceptors (Lipinski definition) is 4. The molecule has 4 nitrogen and oxygen atoms in total. The zero-order valence-electron chi connectivity index (χ0n) is 7.10. The van der Waals surface area contributed by atoms with E-state index in [2.05, 4.69) is 5.43 Å². The highest BCUT2D eigenvalue weighted by Crippen LogP contribution is 2.10. The van der Waals surface area contributed by atoms with E-state index in [-0.39, 0.29) is 11.8 Å². The highest BCUT2D eigenvalue weighted by molar-refractivity contribution is 5.58. The summed E-state index contributed by atoms with van der Waals surface area (Å²) in [5.74, 6) is 5.35. The highest BCUT2D eigenvalue weighted by atomic mass is 16.3. The molecule has 0 saturated carbocycles. The lowest BCUT2D eigenvalue weighted by molar-refractivity contribution is -0.109. The number of hydrogen-bond donors (Lipinski definition) is 3. The molecule has 1 unspecified atom stereocenters. The first-order valence-electron chi connectivity index (χ1n) is 3.95. The Kier molecular flexibility index (Phi) is 3.42. The first-order valence-corrected chi connectivity index (χ1v) is 3.95. The summed E-state index contributed by atoms with van der Waals surface area (Å²) in [7, 11) is 0. The number of benzene rings is 1. The number of phenols is 1. The first-order chi connectivity index (χ1) is 6.26. The van der Waals surface area contributed by atoms with Crippen molar-refractivity contribution in [2.75, 3.05) is 0 Å². The van der Waals surface area contributed by atoms with Crippen LogP contribution < -0.4 is 11.3 Å². The van der Waals surface area contributed by atoms with Crippen LogP contribution in [0.15, 0.2) is 24.3 Å². The molecule has 0 aromatic heterocycles. The maximum Gasteiger partial charge on any atom is 0.138 e. The Labute approximate surface area is 76.3 Å². The third-order valence-electron chi connectivity index (χ3n) is 1.77. The number of aromatic hydroxyl groups is 1. The van der Waals surface area contributed by atoms with Crippen molar-refractivity contribution < 1.29 is 9.90 Å². The summed E-state index contributed by atoms with van der Waals surface area (Å²) < 4.78 is 0. The fourth-order valence-electron chi connectivity index (χ4n) is 1.03. The van der Waals surface area contributed by atoms with Crippen LogP contribution in [-0.4, -0.2) is 17.4 Å². The average Bonchev–Trinajstić information content (AvgIpc) is 2.17. The van der Waals surface area contributed by atoms with Gasteiger partial charge in [0.25, 0.3) is 0 Å². The summed E-state index contributed by atoms with van der Waals surface area (Å²) in [5, 5.41) is 9.00. The maximum absolute atomic E-state index is 10.4. The van der Waals surface area contributed by atoms with Crippen LogP contribution in [0.5, 0.6) is 5.75 Å². The van der Waals surface area contributed by atoms with Crippen molar-refractivity contribution >= 4 is 6.29 Å². The summed E-state index contributed by atoms with van der Waals surface area (Å²) in [6.45, 7) is 0. The van der Waals surface area contributed by atoms with Gasteiger partial charge in [0.2, 0.25) is 0 Å². The maximum atomic E-state index is 10.4. The largest absolute Gasteiger partial charge is 0.508 e. The standard InChI is InChI=1S/C9H12N2O2/c10-11-8(6-12)5-7-1-3-9(13)4-2-7/h1-4,6,8,11,13H,5,10H2. The monoisotopic (exact) mass is 180 g/mol. The molecule has 1 aromatic rings. The molecule has 0 amide bonds. The smallest absolute Gasteiger partial charge is 0.138 e. The van der Waals surface area contributed by atoms with E-state index in [4.69, 9.17) is 10.9 Å². The van der Waals surface area contributed by atoms with Crippen molar-refractivity contribution in [1.82, 2.24) is 5.43 Å². The minimum atomic E-state index is -0.371. The summed E-state index contributed by atoms with van der Waals surface area (Å²) in [4.78, 5) is 10.4. The van der Waals surface area contributed by atoms with Gasteiger partial charge < -0.3 is 9.90 Å². The van der Waals surface area contributed by atoms with Gasteiger partial charge in [0.1, 0.15) is 12.0 Å². The minimum Gasteiger partial charge on any atom is -0.508 e. The van der Waals surface area contributed by atoms with Crippen LogP contribution in [0, 0.1) is 0 Å². The Bertz CT molecular complexity index is 271. The number of nitrogens with one attached hydrogen (secondary N) is 1. The van der Waals surface area contributed by atoms with Gasteiger partial charge in [-0.3, -0.25) is 5.84 Å². The summed E-state index contributed by atoms with van der Waals surface area (Å²) >= 11 is 0. The molecule has 4 N–H and O–H groups in total. The molecule has 0 heterocycles. The van der Waals surface area contributed by atoms with Gasteiger partial charge >= 0.3 is 0 Å². The van der Waals surface area contributed by atoms with Crippen molar-refractivity contribution in [2.24, 2.45) is 5.84 Å². The molecule has 0 aliphatic carbocycles. The molecule has 13 heavy (non-hydrogen) atoms. The molecule has 1 rings (SSSR count). The molecule has 0 saturated heterocycles. The fourth-order valence-corrected chi connectivity index (χ4v) is 1.03. The quantitative estimate of drug-likeness (QED) is 0.345. The first kappa shape index (κ1) is 9.70. The number of rotatable bonds is 4. The van der Waals surface area contributed by atoms with E-state index in [1.807, 2.05) is 0 Å².